The van der Waals surface area contributed by atoms with Gasteiger partial charge in [0.15, 0.2) is 4.32 Å². The molecule has 4 aromatic rings. The first kappa shape index (κ1) is 21.9. The van der Waals surface area contributed by atoms with Crippen LogP contribution in [0, 0.1) is 0 Å². The maximum atomic E-state index is 13.4. The van der Waals surface area contributed by atoms with Crippen molar-refractivity contribution in [2.75, 3.05) is 0 Å². The summed E-state index contributed by atoms with van der Waals surface area (Å²) in [4.78, 5) is 0. The molecule has 4 nitrogen and oxygen atoms in total. The smallest absolute Gasteiger partial charge is 0.213 e. The first-order valence-corrected chi connectivity index (χ1v) is 10.3. The normalized spacial score (nSPS) is 11.8. The predicted molar refractivity (Wildman–Crippen MR) is 126 cm³/mol. The van der Waals surface area contributed by atoms with E-state index in [1.165, 1.54) is 22.9 Å². The number of thiocarbonyl (C=S) groups is 1. The molecule has 0 fully saturated rings. The zero-order chi connectivity index (χ0) is 22.7. The second-order valence-electron chi connectivity index (χ2n) is 6.69. The maximum Gasteiger partial charge on any atom is 0.418 e. The Labute approximate surface area is 192 Å². The van der Waals surface area contributed by atoms with Crippen molar-refractivity contribution < 1.29 is 13.2 Å². The van der Waals surface area contributed by atoms with Crippen LogP contribution < -0.4 is 0 Å². The van der Waals surface area contributed by atoms with Crippen molar-refractivity contribution in [1.82, 2.24) is 9.78 Å². The highest BCUT2D eigenvalue weighted by Gasteiger charge is 2.33. The summed E-state index contributed by atoms with van der Waals surface area (Å²) >= 11 is 9.55. The van der Waals surface area contributed by atoms with Crippen molar-refractivity contribution in [2.24, 2.45) is 10.2 Å². The van der Waals surface area contributed by atoms with Crippen molar-refractivity contribution in [3.05, 3.63) is 90.5 Å². The Bertz CT molecular complexity index is 1280. The highest BCUT2D eigenvalue weighted by molar-refractivity contribution is 8.11. The SMILES string of the molecule is FC(F)(F)c1ccccc1N=Nc1c(-c2ccccc2)nn(C(=S)S)c1-c1ccccc1. The molecule has 0 saturated heterocycles. The standard InChI is InChI=1S/C23H15F3N4S2/c24-23(25,26)17-13-7-8-14-18(17)27-28-20-19(15-9-3-1-4-10-15)29-30(22(31)32)21(20)16-11-5-2-6-12-16/h1-14H,(H,31,32). The first-order valence-electron chi connectivity index (χ1n) is 9.41. The Balaban J connectivity index is 1.97. The van der Waals surface area contributed by atoms with E-state index in [1.807, 2.05) is 60.7 Å². The molecule has 0 spiro atoms. The summed E-state index contributed by atoms with van der Waals surface area (Å²) in [5.41, 5.74) is 1.47. The summed E-state index contributed by atoms with van der Waals surface area (Å²) in [6, 6.07) is 23.4. The molecule has 0 aliphatic rings. The van der Waals surface area contributed by atoms with Gasteiger partial charge in [0.05, 0.1) is 11.3 Å². The number of aromatic nitrogens is 2. The van der Waals surface area contributed by atoms with E-state index in [1.54, 1.807) is 0 Å². The van der Waals surface area contributed by atoms with Gasteiger partial charge in [0.25, 0.3) is 0 Å². The lowest BCUT2D eigenvalue weighted by Gasteiger charge is -2.09. The van der Waals surface area contributed by atoms with Gasteiger partial charge in [0.1, 0.15) is 17.1 Å². The molecule has 1 heterocycles. The Morgan fingerprint density at radius 2 is 1.38 bits per heavy atom. The van der Waals surface area contributed by atoms with Crippen LogP contribution in [0.15, 0.2) is 95.2 Å². The third-order valence-corrected chi connectivity index (χ3v) is 4.97. The first-order chi connectivity index (χ1) is 15.4. The van der Waals surface area contributed by atoms with Gasteiger partial charge in [-0.05, 0) is 12.1 Å². The minimum absolute atomic E-state index is 0.165. The summed E-state index contributed by atoms with van der Waals surface area (Å²) in [6.45, 7) is 0. The fourth-order valence-electron chi connectivity index (χ4n) is 3.19. The van der Waals surface area contributed by atoms with Crippen molar-refractivity contribution in [3.63, 3.8) is 0 Å². The van der Waals surface area contributed by atoms with E-state index in [2.05, 4.69) is 28.0 Å². The van der Waals surface area contributed by atoms with Crippen molar-refractivity contribution in [1.29, 1.82) is 0 Å². The van der Waals surface area contributed by atoms with Gasteiger partial charge in [0, 0.05) is 11.1 Å². The van der Waals surface area contributed by atoms with Gasteiger partial charge in [-0.1, -0.05) is 85.0 Å². The van der Waals surface area contributed by atoms with Crippen LogP contribution in [0.25, 0.3) is 22.5 Å². The summed E-state index contributed by atoms with van der Waals surface area (Å²) in [6.07, 6.45) is -4.56. The molecule has 1 aromatic heterocycles. The van der Waals surface area contributed by atoms with E-state index in [-0.39, 0.29) is 15.7 Å². The maximum absolute atomic E-state index is 13.4. The second kappa shape index (κ2) is 9.05. The van der Waals surface area contributed by atoms with E-state index >= 15 is 0 Å². The van der Waals surface area contributed by atoms with Gasteiger partial charge in [-0.25, -0.2) is 4.68 Å². The number of alkyl halides is 3. The lowest BCUT2D eigenvalue weighted by atomic mass is 10.1. The molecule has 0 bridgehead atoms. The fraction of sp³-hybridized carbons (Fsp3) is 0.0435. The number of hydrogen-bond acceptors (Lipinski definition) is 4. The molecule has 9 heteroatoms. The molecule has 32 heavy (non-hydrogen) atoms. The molecule has 0 aliphatic carbocycles. The van der Waals surface area contributed by atoms with E-state index in [4.69, 9.17) is 12.2 Å². The van der Waals surface area contributed by atoms with Crippen molar-refractivity contribution in [3.8, 4) is 22.5 Å². The third kappa shape index (κ3) is 4.49. The van der Waals surface area contributed by atoms with Gasteiger partial charge in [-0.15, -0.1) is 22.9 Å². The summed E-state index contributed by atoms with van der Waals surface area (Å²) in [5, 5.41) is 12.8. The summed E-state index contributed by atoms with van der Waals surface area (Å²) in [7, 11) is 0. The Morgan fingerprint density at radius 3 is 1.97 bits per heavy atom. The van der Waals surface area contributed by atoms with Gasteiger partial charge in [0.2, 0.25) is 0 Å². The van der Waals surface area contributed by atoms with Gasteiger partial charge < -0.3 is 0 Å². The quantitative estimate of drug-likeness (QED) is 0.189. The topological polar surface area (TPSA) is 42.5 Å². The molecule has 0 saturated carbocycles. The van der Waals surface area contributed by atoms with Crippen LogP contribution in [0.4, 0.5) is 24.5 Å². The van der Waals surface area contributed by atoms with Crippen molar-refractivity contribution in [2.45, 2.75) is 6.18 Å². The lowest BCUT2D eigenvalue weighted by Crippen LogP contribution is -2.05. The van der Waals surface area contributed by atoms with Crippen LogP contribution in [0.2, 0.25) is 0 Å². The zero-order valence-electron chi connectivity index (χ0n) is 16.4. The summed E-state index contributed by atoms with van der Waals surface area (Å²) in [5.74, 6) is 0. The van der Waals surface area contributed by atoms with E-state index < -0.39 is 11.7 Å². The lowest BCUT2D eigenvalue weighted by molar-refractivity contribution is -0.137. The van der Waals surface area contributed by atoms with Gasteiger partial charge >= 0.3 is 6.18 Å². The number of benzene rings is 3. The molecule has 0 aliphatic heterocycles. The van der Waals surface area contributed by atoms with Crippen LogP contribution >= 0.6 is 24.8 Å². The fourth-order valence-corrected chi connectivity index (χ4v) is 3.47. The molecule has 0 N–H and O–H groups in total. The van der Waals surface area contributed by atoms with Crippen LogP contribution in [-0.4, -0.2) is 14.1 Å². The second-order valence-corrected chi connectivity index (χ2v) is 7.80. The Morgan fingerprint density at radius 1 is 0.812 bits per heavy atom. The van der Waals surface area contributed by atoms with Gasteiger partial charge in [-0.2, -0.15) is 18.3 Å². The largest absolute Gasteiger partial charge is 0.418 e. The molecule has 0 atom stereocenters. The number of nitrogens with zero attached hydrogens (tertiary/aromatic N) is 4. The molecule has 3 aromatic carbocycles. The minimum atomic E-state index is -4.56. The summed E-state index contributed by atoms with van der Waals surface area (Å²) < 4.78 is 41.9. The molecular formula is C23H15F3N4S2. The van der Waals surface area contributed by atoms with Crippen molar-refractivity contribution >= 4 is 40.5 Å². The average molecular weight is 469 g/mol. The van der Waals surface area contributed by atoms with Gasteiger partial charge in [-0.3, -0.25) is 0 Å². The number of halogens is 3. The van der Waals surface area contributed by atoms with Crippen LogP contribution in [0.3, 0.4) is 0 Å². The highest BCUT2D eigenvalue weighted by Crippen LogP contribution is 2.42. The Kier molecular flexibility index (Phi) is 6.20. The van der Waals surface area contributed by atoms with Crippen LogP contribution in [0.1, 0.15) is 5.56 Å². The molecule has 160 valence electrons. The number of rotatable bonds is 4. The van der Waals surface area contributed by atoms with E-state index in [0.717, 1.165) is 11.6 Å². The molecule has 0 unspecified atom stereocenters. The van der Waals surface area contributed by atoms with E-state index in [0.29, 0.717) is 17.0 Å². The Hall–Kier alpha value is -3.30. The molecule has 0 radical (unpaired) electrons. The average Bonchev–Trinajstić information content (AvgIpc) is 3.18. The number of thiol groups is 1. The molecule has 4 rings (SSSR count). The monoisotopic (exact) mass is 468 g/mol. The molecule has 0 amide bonds. The minimum Gasteiger partial charge on any atom is -0.213 e. The number of hydrogen-bond donors (Lipinski definition) is 1. The predicted octanol–water partition coefficient (Wildman–Crippen LogP) is 7.71. The van der Waals surface area contributed by atoms with Crippen LogP contribution in [-0.2, 0) is 6.18 Å². The third-order valence-electron chi connectivity index (χ3n) is 4.60. The van der Waals surface area contributed by atoms with Crippen LogP contribution in [0.5, 0.6) is 0 Å². The molecular weight excluding hydrogens is 453 g/mol. The number of azo groups is 1. The van der Waals surface area contributed by atoms with E-state index in [9.17, 15) is 13.2 Å². The highest BCUT2D eigenvalue weighted by atomic mass is 32.1. The zero-order valence-corrected chi connectivity index (χ0v) is 18.1.